The van der Waals surface area contributed by atoms with Gasteiger partial charge in [0.2, 0.25) is 5.91 Å². The molecule has 1 aliphatic rings. The molecular formula is C11H20N2O4. The molecule has 1 saturated heterocycles. The van der Waals surface area contributed by atoms with Gasteiger partial charge in [-0.2, -0.15) is 0 Å². The summed E-state index contributed by atoms with van der Waals surface area (Å²) in [6.45, 7) is 7.05. The molecule has 2 amide bonds. The standard InChI is InChI=1S/C11H20N2O4/c1-10(2,3)17-9(16)13-6-5-12-8(15)11(13,4)7-14/h14H,5-7H2,1-4H3,(H,12,15)/t11-/m0/s1. The Bertz CT molecular complexity index is 324. The molecule has 6 nitrogen and oxygen atoms in total. The van der Waals surface area contributed by atoms with E-state index in [2.05, 4.69) is 5.32 Å². The second-order valence-corrected chi connectivity index (χ2v) is 5.32. The van der Waals surface area contributed by atoms with Crippen LogP contribution in [0.1, 0.15) is 27.7 Å². The third-order valence-electron chi connectivity index (χ3n) is 2.63. The number of amides is 2. The van der Waals surface area contributed by atoms with Crippen LogP contribution in [0.5, 0.6) is 0 Å². The summed E-state index contributed by atoms with van der Waals surface area (Å²) in [6.07, 6.45) is -0.580. The monoisotopic (exact) mass is 244 g/mol. The minimum absolute atomic E-state index is 0.331. The number of aliphatic hydroxyl groups excluding tert-OH is 1. The predicted molar refractivity (Wildman–Crippen MR) is 61.4 cm³/mol. The summed E-state index contributed by atoms with van der Waals surface area (Å²) in [5.74, 6) is -0.364. The van der Waals surface area contributed by atoms with Gasteiger partial charge in [0.1, 0.15) is 11.1 Å². The Labute approximate surface area is 101 Å². The van der Waals surface area contributed by atoms with Crippen molar-refractivity contribution in [3.05, 3.63) is 0 Å². The quantitative estimate of drug-likeness (QED) is 0.686. The van der Waals surface area contributed by atoms with E-state index in [0.29, 0.717) is 13.1 Å². The fourth-order valence-corrected chi connectivity index (χ4v) is 1.61. The molecule has 0 aromatic rings. The molecule has 0 aliphatic carbocycles. The summed E-state index contributed by atoms with van der Waals surface area (Å²) in [5.41, 5.74) is -1.87. The van der Waals surface area contributed by atoms with E-state index in [0.717, 1.165) is 0 Å². The van der Waals surface area contributed by atoms with E-state index in [1.807, 2.05) is 0 Å². The molecule has 2 N–H and O–H groups in total. The maximum Gasteiger partial charge on any atom is 0.411 e. The Kier molecular flexibility index (Phi) is 3.66. The normalized spacial score (nSPS) is 25.5. The highest BCUT2D eigenvalue weighted by atomic mass is 16.6. The van der Waals surface area contributed by atoms with Crippen molar-refractivity contribution in [2.24, 2.45) is 0 Å². The van der Waals surface area contributed by atoms with Crippen LogP contribution in [-0.4, -0.2) is 52.8 Å². The zero-order chi connectivity index (χ0) is 13.3. The molecule has 1 aliphatic heterocycles. The summed E-state index contributed by atoms with van der Waals surface area (Å²) in [7, 11) is 0. The Morgan fingerprint density at radius 2 is 2.18 bits per heavy atom. The minimum Gasteiger partial charge on any atom is -0.444 e. The van der Waals surface area contributed by atoms with Gasteiger partial charge in [0.15, 0.2) is 0 Å². The highest BCUT2D eigenvalue weighted by Crippen LogP contribution is 2.21. The molecule has 6 heteroatoms. The first-order chi connectivity index (χ1) is 7.70. The average Bonchev–Trinajstić information content (AvgIpc) is 2.19. The summed E-state index contributed by atoms with van der Waals surface area (Å²) in [5, 5.41) is 12.0. The number of hydrogen-bond donors (Lipinski definition) is 2. The van der Waals surface area contributed by atoms with Crippen molar-refractivity contribution < 1.29 is 19.4 Å². The molecule has 1 heterocycles. The minimum atomic E-state index is -1.25. The van der Waals surface area contributed by atoms with Gasteiger partial charge < -0.3 is 15.2 Å². The third-order valence-corrected chi connectivity index (χ3v) is 2.63. The Balaban J connectivity index is 2.87. The first-order valence-electron chi connectivity index (χ1n) is 5.60. The average molecular weight is 244 g/mol. The highest BCUT2D eigenvalue weighted by Gasteiger charge is 2.45. The van der Waals surface area contributed by atoms with Crippen LogP contribution in [0.2, 0.25) is 0 Å². The molecule has 0 radical (unpaired) electrons. The lowest BCUT2D eigenvalue weighted by Crippen LogP contribution is -2.67. The van der Waals surface area contributed by atoms with Crippen molar-refractivity contribution in [2.75, 3.05) is 19.7 Å². The zero-order valence-corrected chi connectivity index (χ0v) is 10.7. The van der Waals surface area contributed by atoms with Gasteiger partial charge >= 0.3 is 6.09 Å². The van der Waals surface area contributed by atoms with E-state index in [9.17, 15) is 14.7 Å². The second kappa shape index (κ2) is 4.52. The van der Waals surface area contributed by atoms with E-state index >= 15 is 0 Å². The summed E-state index contributed by atoms with van der Waals surface area (Å²) in [6, 6.07) is 0. The number of piperazine rings is 1. The highest BCUT2D eigenvalue weighted by molar-refractivity contribution is 5.90. The summed E-state index contributed by atoms with van der Waals surface area (Å²) in [4.78, 5) is 24.9. The van der Waals surface area contributed by atoms with Crippen molar-refractivity contribution in [1.29, 1.82) is 0 Å². The third kappa shape index (κ3) is 2.88. The fourth-order valence-electron chi connectivity index (χ4n) is 1.61. The second-order valence-electron chi connectivity index (χ2n) is 5.32. The zero-order valence-electron chi connectivity index (χ0n) is 10.7. The maximum atomic E-state index is 11.9. The lowest BCUT2D eigenvalue weighted by atomic mass is 9.98. The van der Waals surface area contributed by atoms with Crippen LogP contribution < -0.4 is 5.32 Å². The molecule has 0 saturated carbocycles. The van der Waals surface area contributed by atoms with Crippen LogP contribution in [-0.2, 0) is 9.53 Å². The molecule has 1 atom stereocenters. The van der Waals surface area contributed by atoms with Crippen molar-refractivity contribution >= 4 is 12.0 Å². The van der Waals surface area contributed by atoms with E-state index in [1.165, 1.54) is 11.8 Å². The van der Waals surface area contributed by atoms with Gasteiger partial charge in [0.05, 0.1) is 6.61 Å². The number of ether oxygens (including phenoxy) is 1. The molecule has 98 valence electrons. The molecule has 17 heavy (non-hydrogen) atoms. The van der Waals surface area contributed by atoms with Gasteiger partial charge in [-0.3, -0.25) is 9.69 Å². The van der Waals surface area contributed by atoms with Crippen LogP contribution in [0.4, 0.5) is 4.79 Å². The number of carbonyl (C=O) groups excluding carboxylic acids is 2. The number of carbonyl (C=O) groups is 2. The number of aliphatic hydroxyl groups is 1. The van der Waals surface area contributed by atoms with Crippen LogP contribution in [0.15, 0.2) is 0 Å². The predicted octanol–water partition coefficient (Wildman–Crippen LogP) is 0.104. The van der Waals surface area contributed by atoms with E-state index < -0.39 is 23.8 Å². The van der Waals surface area contributed by atoms with Crippen LogP contribution in [0.3, 0.4) is 0 Å². The van der Waals surface area contributed by atoms with Crippen molar-refractivity contribution in [1.82, 2.24) is 10.2 Å². The Morgan fingerprint density at radius 1 is 1.59 bits per heavy atom. The summed E-state index contributed by atoms with van der Waals surface area (Å²) < 4.78 is 5.22. The van der Waals surface area contributed by atoms with E-state index in [4.69, 9.17) is 4.74 Å². The fraction of sp³-hybridized carbons (Fsp3) is 0.818. The van der Waals surface area contributed by atoms with Crippen LogP contribution in [0, 0.1) is 0 Å². The number of rotatable bonds is 1. The van der Waals surface area contributed by atoms with Crippen LogP contribution in [0.25, 0.3) is 0 Å². The van der Waals surface area contributed by atoms with Crippen molar-refractivity contribution in [2.45, 2.75) is 38.8 Å². The number of hydrogen-bond acceptors (Lipinski definition) is 4. The van der Waals surface area contributed by atoms with Gasteiger partial charge in [-0.15, -0.1) is 0 Å². The SMILES string of the molecule is CC(C)(C)OC(=O)N1CCNC(=O)[C@]1(C)CO. The first kappa shape index (κ1) is 13.8. The first-order valence-corrected chi connectivity index (χ1v) is 5.60. The Hall–Kier alpha value is -1.30. The lowest BCUT2D eigenvalue weighted by Gasteiger charge is -2.42. The van der Waals surface area contributed by atoms with Crippen molar-refractivity contribution in [3.8, 4) is 0 Å². The van der Waals surface area contributed by atoms with Gasteiger partial charge in [-0.1, -0.05) is 0 Å². The maximum absolute atomic E-state index is 11.9. The van der Waals surface area contributed by atoms with E-state index in [1.54, 1.807) is 20.8 Å². The number of nitrogens with one attached hydrogen (secondary N) is 1. The van der Waals surface area contributed by atoms with Crippen LogP contribution >= 0.6 is 0 Å². The molecule has 1 fully saturated rings. The Morgan fingerprint density at radius 3 is 2.65 bits per heavy atom. The largest absolute Gasteiger partial charge is 0.444 e. The van der Waals surface area contributed by atoms with Crippen molar-refractivity contribution in [3.63, 3.8) is 0 Å². The van der Waals surface area contributed by atoms with Gasteiger partial charge in [-0.25, -0.2) is 4.79 Å². The molecule has 1 rings (SSSR count). The lowest BCUT2D eigenvalue weighted by molar-refractivity contribution is -0.138. The number of nitrogens with zero attached hydrogens (tertiary/aromatic N) is 1. The molecule has 0 spiro atoms. The molecule has 0 aromatic carbocycles. The van der Waals surface area contributed by atoms with Gasteiger partial charge in [0.25, 0.3) is 0 Å². The topological polar surface area (TPSA) is 78.9 Å². The molecule has 0 unspecified atom stereocenters. The van der Waals surface area contributed by atoms with E-state index in [-0.39, 0.29) is 5.91 Å². The van der Waals surface area contributed by atoms with Gasteiger partial charge in [-0.05, 0) is 27.7 Å². The molecule has 0 aromatic heterocycles. The molecular weight excluding hydrogens is 224 g/mol. The molecule has 0 bridgehead atoms. The smallest absolute Gasteiger partial charge is 0.411 e. The summed E-state index contributed by atoms with van der Waals surface area (Å²) >= 11 is 0. The van der Waals surface area contributed by atoms with Gasteiger partial charge in [0, 0.05) is 13.1 Å².